The molecule has 0 aliphatic rings. The molecular weight excluding hydrogens is 302 g/mol. The summed E-state index contributed by atoms with van der Waals surface area (Å²) in [7, 11) is 0. The lowest BCUT2D eigenvalue weighted by Crippen LogP contribution is -2.32. The molecule has 6 nitrogen and oxygen atoms in total. The maximum Gasteiger partial charge on any atom is 0.277 e. The van der Waals surface area contributed by atoms with Gasteiger partial charge in [0.1, 0.15) is 11.4 Å². The van der Waals surface area contributed by atoms with E-state index in [0.29, 0.717) is 14.5 Å². The van der Waals surface area contributed by atoms with Crippen LogP contribution >= 0.6 is 15.9 Å². The van der Waals surface area contributed by atoms with Crippen LogP contribution in [0.2, 0.25) is 0 Å². The summed E-state index contributed by atoms with van der Waals surface area (Å²) in [5.74, 6) is 5.05. The first kappa shape index (κ1) is 12.4. The van der Waals surface area contributed by atoms with E-state index in [1.807, 2.05) is 0 Å². The van der Waals surface area contributed by atoms with Crippen LogP contribution in [0.5, 0.6) is 0 Å². The van der Waals surface area contributed by atoms with Crippen molar-refractivity contribution in [3.63, 3.8) is 0 Å². The maximum atomic E-state index is 12.0. The largest absolute Gasteiger partial charge is 0.336 e. The smallest absolute Gasteiger partial charge is 0.277 e. The second kappa shape index (κ2) is 4.34. The number of halogens is 1. The van der Waals surface area contributed by atoms with Gasteiger partial charge in [-0.25, -0.2) is 4.68 Å². The molecule has 18 heavy (non-hydrogen) atoms. The molecule has 1 aromatic carbocycles. The normalized spacial score (nSPS) is 10.6. The number of benzene rings is 1. The fourth-order valence-electron chi connectivity index (χ4n) is 1.80. The third-order valence-corrected chi connectivity index (χ3v) is 3.07. The minimum absolute atomic E-state index is 0.118. The molecule has 0 spiro atoms. The summed E-state index contributed by atoms with van der Waals surface area (Å²) < 4.78 is 1.33. The lowest BCUT2D eigenvalue weighted by Gasteiger charge is -2.09. The summed E-state index contributed by atoms with van der Waals surface area (Å²) >= 11 is 3.22. The number of fused-ring (bicyclic) bond motifs is 1. The Hall–Kier alpha value is -2.02. The topological polar surface area (TPSA) is 94.5 Å². The van der Waals surface area contributed by atoms with Crippen LogP contribution in [0.4, 0.5) is 5.69 Å². The Morgan fingerprint density at radius 3 is 2.61 bits per heavy atom. The fourth-order valence-corrected chi connectivity index (χ4v) is 2.16. The number of hydrogen-bond donors (Lipinski definition) is 1. The van der Waals surface area contributed by atoms with Gasteiger partial charge in [0.25, 0.3) is 5.56 Å². The molecule has 0 aliphatic carbocycles. The average molecular weight is 310 g/mol. The van der Waals surface area contributed by atoms with Gasteiger partial charge in [-0.15, -0.1) is 4.91 Å². The number of rotatable bonds is 2. The molecule has 1 heterocycles. The molecule has 2 aromatic rings. The van der Waals surface area contributed by atoms with Crippen LogP contribution in [-0.2, 0) is 0 Å². The molecule has 0 radical (unpaired) electrons. The van der Waals surface area contributed by atoms with E-state index in [2.05, 4.69) is 21.1 Å². The molecule has 0 atom stereocenters. The van der Waals surface area contributed by atoms with Crippen molar-refractivity contribution < 1.29 is 4.79 Å². The van der Waals surface area contributed by atoms with Gasteiger partial charge in [0, 0.05) is 16.8 Å². The molecule has 7 heteroatoms. The van der Waals surface area contributed by atoms with Crippen molar-refractivity contribution in [2.45, 2.75) is 6.92 Å². The van der Waals surface area contributed by atoms with Crippen molar-refractivity contribution in [2.75, 3.05) is 5.84 Å². The van der Waals surface area contributed by atoms with Crippen LogP contribution < -0.4 is 11.4 Å². The summed E-state index contributed by atoms with van der Waals surface area (Å²) in [4.78, 5) is 34.4. The molecule has 0 amide bonds. The highest BCUT2D eigenvalue weighted by molar-refractivity contribution is 9.10. The number of ketones is 1. The van der Waals surface area contributed by atoms with E-state index in [9.17, 15) is 14.5 Å². The molecule has 92 valence electrons. The van der Waals surface area contributed by atoms with E-state index < -0.39 is 11.3 Å². The minimum atomic E-state index is -0.552. The van der Waals surface area contributed by atoms with Crippen LogP contribution in [0.25, 0.3) is 10.8 Å². The highest BCUT2D eigenvalue weighted by Gasteiger charge is 2.19. The standard InChI is InChI=1S/C11H8BrN3O3/c1-5(16)10-9(14-18)7-3-2-6(12)4-8(7)11(17)15(10)13/h2-4H,13H2,1H3. The summed E-state index contributed by atoms with van der Waals surface area (Å²) in [6.45, 7) is 1.22. The number of nitrogens with two attached hydrogens (primary N) is 1. The Kier molecular flexibility index (Phi) is 3.00. The zero-order valence-electron chi connectivity index (χ0n) is 9.31. The number of nitrogens with zero attached hydrogens (tertiary/aromatic N) is 2. The zero-order valence-corrected chi connectivity index (χ0v) is 10.9. The van der Waals surface area contributed by atoms with Crippen molar-refractivity contribution in [3.05, 3.63) is 43.6 Å². The Bertz CT molecular complexity index is 736. The second-order valence-corrected chi connectivity index (χ2v) is 4.63. The predicted molar refractivity (Wildman–Crippen MR) is 71.5 cm³/mol. The van der Waals surface area contributed by atoms with Gasteiger partial charge in [-0.1, -0.05) is 22.0 Å². The number of carbonyl (C=O) groups excluding carboxylic acids is 1. The lowest BCUT2D eigenvalue weighted by atomic mass is 10.1. The minimum Gasteiger partial charge on any atom is -0.336 e. The van der Waals surface area contributed by atoms with Gasteiger partial charge in [-0.3, -0.25) is 9.59 Å². The van der Waals surface area contributed by atoms with Crippen LogP contribution in [0.15, 0.2) is 32.6 Å². The third kappa shape index (κ3) is 1.72. The Morgan fingerprint density at radius 1 is 1.39 bits per heavy atom. The molecule has 1 aromatic heterocycles. The van der Waals surface area contributed by atoms with Crippen molar-refractivity contribution >= 4 is 38.2 Å². The second-order valence-electron chi connectivity index (χ2n) is 3.71. The fraction of sp³-hybridized carbons (Fsp3) is 0.0909. The van der Waals surface area contributed by atoms with Crippen molar-refractivity contribution in [2.24, 2.45) is 5.18 Å². The van der Waals surface area contributed by atoms with Gasteiger partial charge in [0.15, 0.2) is 5.78 Å². The van der Waals surface area contributed by atoms with E-state index in [1.165, 1.54) is 13.0 Å². The summed E-state index contributed by atoms with van der Waals surface area (Å²) in [5, 5.41) is 3.36. The first-order valence-electron chi connectivity index (χ1n) is 4.95. The molecule has 0 aliphatic heterocycles. The third-order valence-electron chi connectivity index (χ3n) is 2.58. The highest BCUT2D eigenvalue weighted by atomic mass is 79.9. The molecule has 0 saturated heterocycles. The molecular formula is C11H8BrN3O3. The van der Waals surface area contributed by atoms with Gasteiger partial charge in [0.2, 0.25) is 0 Å². The summed E-state index contributed by atoms with van der Waals surface area (Å²) in [5.41, 5.74) is -0.860. The maximum absolute atomic E-state index is 12.0. The van der Waals surface area contributed by atoms with E-state index in [1.54, 1.807) is 12.1 Å². The number of pyridine rings is 1. The van der Waals surface area contributed by atoms with E-state index in [-0.39, 0.29) is 16.8 Å². The van der Waals surface area contributed by atoms with Crippen LogP contribution in [-0.4, -0.2) is 10.5 Å². The molecule has 0 bridgehead atoms. The van der Waals surface area contributed by atoms with Gasteiger partial charge in [0.05, 0.1) is 5.39 Å². The number of hydrogen-bond acceptors (Lipinski definition) is 5. The van der Waals surface area contributed by atoms with E-state index in [0.717, 1.165) is 0 Å². The number of carbonyl (C=O) groups is 1. The van der Waals surface area contributed by atoms with Crippen LogP contribution in [0.1, 0.15) is 17.4 Å². The number of Topliss-reactive ketones (excluding diaryl/α,β-unsaturated/α-hetero) is 1. The van der Waals surface area contributed by atoms with Gasteiger partial charge in [-0.05, 0) is 17.3 Å². The first-order valence-corrected chi connectivity index (χ1v) is 5.74. The molecule has 0 unspecified atom stereocenters. The number of nitroso groups, excluding NO2 is 1. The quantitative estimate of drug-likeness (QED) is 0.522. The Balaban J connectivity index is 3.11. The SMILES string of the molecule is CC(=O)c1c(N=O)c2ccc(Br)cc2c(=O)n1N. The number of nitrogen functional groups attached to an aromatic ring is 1. The predicted octanol–water partition coefficient (Wildman–Crippen LogP) is 2.08. The number of aromatic nitrogens is 1. The zero-order chi connectivity index (χ0) is 13.4. The Morgan fingerprint density at radius 2 is 2.06 bits per heavy atom. The van der Waals surface area contributed by atoms with Crippen molar-refractivity contribution in [1.29, 1.82) is 0 Å². The molecule has 0 saturated carbocycles. The van der Waals surface area contributed by atoms with Crippen LogP contribution in [0.3, 0.4) is 0 Å². The van der Waals surface area contributed by atoms with Crippen molar-refractivity contribution in [3.8, 4) is 0 Å². The monoisotopic (exact) mass is 309 g/mol. The lowest BCUT2D eigenvalue weighted by molar-refractivity contribution is 0.101. The van der Waals surface area contributed by atoms with Gasteiger partial charge in [-0.2, -0.15) is 0 Å². The average Bonchev–Trinajstić information content (AvgIpc) is 2.33. The molecule has 2 N–H and O–H groups in total. The van der Waals surface area contributed by atoms with E-state index in [4.69, 9.17) is 5.84 Å². The summed E-state index contributed by atoms with van der Waals surface area (Å²) in [6, 6.07) is 4.73. The van der Waals surface area contributed by atoms with Gasteiger partial charge >= 0.3 is 0 Å². The van der Waals surface area contributed by atoms with Crippen molar-refractivity contribution in [1.82, 2.24) is 4.68 Å². The van der Waals surface area contributed by atoms with Crippen LogP contribution in [0, 0.1) is 4.91 Å². The van der Waals surface area contributed by atoms with Gasteiger partial charge < -0.3 is 5.84 Å². The molecule has 0 fully saturated rings. The first-order chi connectivity index (χ1) is 8.47. The summed E-state index contributed by atoms with van der Waals surface area (Å²) in [6.07, 6.45) is 0. The molecule has 2 rings (SSSR count). The highest BCUT2D eigenvalue weighted by Crippen LogP contribution is 2.29. The Labute approximate surface area is 109 Å². The van der Waals surface area contributed by atoms with E-state index >= 15 is 0 Å².